The monoisotopic (exact) mass is 399 g/mol. The smallest absolute Gasteiger partial charge is 0.243 e. The van der Waals surface area contributed by atoms with Crippen molar-refractivity contribution < 1.29 is 17.6 Å². The molecule has 0 saturated carbocycles. The number of amides is 1. The summed E-state index contributed by atoms with van der Waals surface area (Å²) in [6, 6.07) is 11.6. The quantitative estimate of drug-likeness (QED) is 0.659. The van der Waals surface area contributed by atoms with Crippen molar-refractivity contribution in [2.24, 2.45) is 0 Å². The molecule has 0 saturated heterocycles. The van der Waals surface area contributed by atoms with Gasteiger partial charge in [0, 0.05) is 6.20 Å². The Kier molecular flexibility index (Phi) is 5.91. The largest absolute Gasteiger partial charge is 0.468 e. The van der Waals surface area contributed by atoms with E-state index in [0.29, 0.717) is 11.4 Å². The molecule has 28 heavy (non-hydrogen) atoms. The summed E-state index contributed by atoms with van der Waals surface area (Å²) in [6.45, 7) is 3.30. The minimum Gasteiger partial charge on any atom is -0.468 e. The van der Waals surface area contributed by atoms with Gasteiger partial charge in [-0.2, -0.15) is 4.31 Å². The minimum absolute atomic E-state index is 0.0529. The SMILES string of the molecule is Cc1ccc(S(=O)(=O)N(CC(=O)Nc2cnccc2C)Cc2ccco2)cc1. The molecular formula is C20H21N3O4S. The molecule has 7 nitrogen and oxygen atoms in total. The van der Waals surface area contributed by atoms with E-state index in [1.54, 1.807) is 36.5 Å². The van der Waals surface area contributed by atoms with Crippen LogP contribution in [0.15, 0.2) is 70.4 Å². The van der Waals surface area contributed by atoms with Crippen LogP contribution < -0.4 is 5.32 Å². The number of carbonyl (C=O) groups excluding carboxylic acids is 1. The number of nitrogens with zero attached hydrogens (tertiary/aromatic N) is 2. The molecule has 0 atom stereocenters. The maximum Gasteiger partial charge on any atom is 0.243 e. The second-order valence-corrected chi connectivity index (χ2v) is 8.34. The van der Waals surface area contributed by atoms with Gasteiger partial charge in [0.05, 0.1) is 36.1 Å². The van der Waals surface area contributed by atoms with Gasteiger partial charge in [0.2, 0.25) is 15.9 Å². The Hall–Kier alpha value is -2.97. The van der Waals surface area contributed by atoms with Crippen LogP contribution in [0.5, 0.6) is 0 Å². The lowest BCUT2D eigenvalue weighted by atomic mass is 10.2. The van der Waals surface area contributed by atoms with Gasteiger partial charge in [-0.1, -0.05) is 17.7 Å². The molecule has 3 rings (SSSR count). The van der Waals surface area contributed by atoms with Crippen molar-refractivity contribution in [1.82, 2.24) is 9.29 Å². The third-order valence-corrected chi connectivity index (χ3v) is 6.01. The van der Waals surface area contributed by atoms with E-state index in [1.807, 2.05) is 13.8 Å². The predicted molar refractivity (Wildman–Crippen MR) is 105 cm³/mol. The van der Waals surface area contributed by atoms with Gasteiger partial charge in [0.1, 0.15) is 5.76 Å². The maximum absolute atomic E-state index is 13.1. The summed E-state index contributed by atoms with van der Waals surface area (Å²) in [7, 11) is -3.89. The van der Waals surface area contributed by atoms with Crippen LogP contribution in [-0.2, 0) is 21.4 Å². The first-order chi connectivity index (χ1) is 13.4. The Morgan fingerprint density at radius 2 is 1.89 bits per heavy atom. The van der Waals surface area contributed by atoms with Crippen molar-refractivity contribution in [3.8, 4) is 0 Å². The van der Waals surface area contributed by atoms with Crippen molar-refractivity contribution in [2.45, 2.75) is 25.3 Å². The number of anilines is 1. The molecule has 0 aliphatic carbocycles. The highest BCUT2D eigenvalue weighted by atomic mass is 32.2. The highest BCUT2D eigenvalue weighted by molar-refractivity contribution is 7.89. The van der Waals surface area contributed by atoms with E-state index in [0.717, 1.165) is 15.4 Å². The number of carbonyl (C=O) groups is 1. The normalized spacial score (nSPS) is 11.5. The lowest BCUT2D eigenvalue weighted by Crippen LogP contribution is -2.37. The van der Waals surface area contributed by atoms with E-state index in [1.165, 1.54) is 24.6 Å². The molecule has 2 aromatic heterocycles. The van der Waals surface area contributed by atoms with E-state index in [4.69, 9.17) is 4.42 Å². The lowest BCUT2D eigenvalue weighted by molar-refractivity contribution is -0.116. The molecule has 0 aliphatic rings. The number of pyridine rings is 1. The van der Waals surface area contributed by atoms with E-state index in [9.17, 15) is 13.2 Å². The zero-order valence-corrected chi connectivity index (χ0v) is 16.4. The van der Waals surface area contributed by atoms with E-state index < -0.39 is 15.9 Å². The number of hydrogen-bond donors (Lipinski definition) is 1. The first-order valence-corrected chi connectivity index (χ1v) is 10.1. The number of furan rings is 1. The summed E-state index contributed by atoms with van der Waals surface area (Å²) in [4.78, 5) is 16.7. The van der Waals surface area contributed by atoms with Gasteiger partial charge >= 0.3 is 0 Å². The van der Waals surface area contributed by atoms with E-state index >= 15 is 0 Å². The molecule has 146 valence electrons. The van der Waals surface area contributed by atoms with Gasteiger partial charge < -0.3 is 9.73 Å². The molecule has 3 aromatic rings. The number of aryl methyl sites for hydroxylation is 2. The Labute approximate surface area is 164 Å². The van der Waals surface area contributed by atoms with Crippen LogP contribution in [0, 0.1) is 13.8 Å². The van der Waals surface area contributed by atoms with Crippen LogP contribution in [0.1, 0.15) is 16.9 Å². The fourth-order valence-electron chi connectivity index (χ4n) is 2.61. The Morgan fingerprint density at radius 3 is 2.54 bits per heavy atom. The highest BCUT2D eigenvalue weighted by Crippen LogP contribution is 2.20. The molecule has 8 heteroatoms. The fourth-order valence-corrected chi connectivity index (χ4v) is 3.97. The number of aromatic nitrogens is 1. The summed E-state index contributed by atoms with van der Waals surface area (Å²) in [5.74, 6) is -0.0145. The number of nitrogens with one attached hydrogen (secondary N) is 1. The lowest BCUT2D eigenvalue weighted by Gasteiger charge is -2.21. The number of hydrogen-bond acceptors (Lipinski definition) is 5. The van der Waals surface area contributed by atoms with Crippen LogP contribution in [0.4, 0.5) is 5.69 Å². The van der Waals surface area contributed by atoms with Crippen molar-refractivity contribution >= 4 is 21.6 Å². The van der Waals surface area contributed by atoms with Crippen molar-refractivity contribution in [3.05, 3.63) is 78.0 Å². The van der Waals surface area contributed by atoms with Crippen molar-refractivity contribution in [1.29, 1.82) is 0 Å². The molecular weight excluding hydrogens is 378 g/mol. The van der Waals surface area contributed by atoms with Crippen LogP contribution in [0.2, 0.25) is 0 Å². The summed E-state index contributed by atoms with van der Waals surface area (Å²) < 4.78 is 32.6. The molecule has 0 bridgehead atoms. The summed E-state index contributed by atoms with van der Waals surface area (Å²) in [6.07, 6.45) is 4.61. The predicted octanol–water partition coefficient (Wildman–Crippen LogP) is 3.12. The van der Waals surface area contributed by atoms with Crippen LogP contribution in [0.3, 0.4) is 0 Å². The standard InChI is InChI=1S/C20H21N3O4S/c1-15-5-7-18(8-6-15)28(25,26)23(13-17-4-3-11-27-17)14-20(24)22-19-12-21-10-9-16(19)2/h3-12H,13-14H2,1-2H3,(H,22,24). The van der Waals surface area contributed by atoms with Crippen LogP contribution >= 0.6 is 0 Å². The number of benzene rings is 1. The van der Waals surface area contributed by atoms with E-state index in [2.05, 4.69) is 10.3 Å². The molecule has 0 aliphatic heterocycles. The first-order valence-electron chi connectivity index (χ1n) is 8.66. The topological polar surface area (TPSA) is 92.5 Å². The third kappa shape index (κ3) is 4.65. The van der Waals surface area contributed by atoms with Crippen LogP contribution in [0.25, 0.3) is 0 Å². The third-order valence-electron chi connectivity index (χ3n) is 4.20. The van der Waals surface area contributed by atoms with Crippen LogP contribution in [-0.4, -0.2) is 30.2 Å². The molecule has 1 N–H and O–H groups in total. The van der Waals surface area contributed by atoms with Gasteiger partial charge in [0.25, 0.3) is 0 Å². The molecule has 1 aromatic carbocycles. The molecule has 0 spiro atoms. The molecule has 2 heterocycles. The maximum atomic E-state index is 13.1. The van der Waals surface area contributed by atoms with Gasteiger partial charge in [0.15, 0.2) is 0 Å². The second kappa shape index (κ2) is 8.37. The summed E-state index contributed by atoms with van der Waals surface area (Å²) in [5.41, 5.74) is 2.32. The molecule has 0 radical (unpaired) electrons. The molecule has 0 fully saturated rings. The van der Waals surface area contributed by atoms with Gasteiger partial charge in [-0.05, 0) is 49.7 Å². The zero-order valence-electron chi connectivity index (χ0n) is 15.6. The summed E-state index contributed by atoms with van der Waals surface area (Å²) >= 11 is 0. The minimum atomic E-state index is -3.89. The average Bonchev–Trinajstić information content (AvgIpc) is 3.17. The van der Waals surface area contributed by atoms with Gasteiger partial charge in [-0.3, -0.25) is 9.78 Å². The Bertz CT molecular complexity index is 1050. The van der Waals surface area contributed by atoms with Gasteiger partial charge in [-0.15, -0.1) is 0 Å². The average molecular weight is 399 g/mol. The molecule has 1 amide bonds. The second-order valence-electron chi connectivity index (χ2n) is 6.40. The summed E-state index contributed by atoms with van der Waals surface area (Å²) in [5, 5.41) is 2.71. The zero-order chi connectivity index (χ0) is 20.1. The Balaban J connectivity index is 1.85. The fraction of sp³-hybridized carbons (Fsp3) is 0.200. The highest BCUT2D eigenvalue weighted by Gasteiger charge is 2.28. The number of rotatable bonds is 7. The van der Waals surface area contributed by atoms with E-state index in [-0.39, 0.29) is 18.0 Å². The Morgan fingerprint density at radius 1 is 1.14 bits per heavy atom. The van der Waals surface area contributed by atoms with Gasteiger partial charge in [-0.25, -0.2) is 8.42 Å². The van der Waals surface area contributed by atoms with Crippen molar-refractivity contribution in [3.63, 3.8) is 0 Å². The van der Waals surface area contributed by atoms with Crippen molar-refractivity contribution in [2.75, 3.05) is 11.9 Å². The first kappa shape index (κ1) is 19.8. The number of sulfonamides is 1. The molecule has 0 unspecified atom stereocenters.